The third-order valence-corrected chi connectivity index (χ3v) is 5.22. The van der Waals surface area contributed by atoms with Gasteiger partial charge in [-0.3, -0.25) is 4.90 Å². The Labute approximate surface area is 177 Å². The largest absolute Gasteiger partial charge is 0.443 e. The molecule has 0 radical (unpaired) electrons. The Morgan fingerprint density at radius 1 is 1.03 bits per heavy atom. The second-order valence-corrected chi connectivity index (χ2v) is 8.75. The maximum atomic E-state index is 12.8. The summed E-state index contributed by atoms with van der Waals surface area (Å²) >= 11 is 1.48. The van der Waals surface area contributed by atoms with E-state index in [9.17, 15) is 4.79 Å². The Kier molecular flexibility index (Phi) is 6.70. The number of hydrogen-bond donors (Lipinski definition) is 0. The maximum Gasteiger partial charge on any atom is 0.416 e. The molecule has 29 heavy (non-hydrogen) atoms. The summed E-state index contributed by atoms with van der Waals surface area (Å²) in [5, 5.41) is 2.69. The maximum absolute atomic E-state index is 12.8. The van der Waals surface area contributed by atoms with E-state index in [0.29, 0.717) is 11.7 Å². The van der Waals surface area contributed by atoms with E-state index >= 15 is 0 Å². The van der Waals surface area contributed by atoms with E-state index in [1.807, 2.05) is 56.5 Å². The van der Waals surface area contributed by atoms with Gasteiger partial charge in [-0.1, -0.05) is 67.9 Å². The quantitative estimate of drug-likeness (QED) is 0.440. The summed E-state index contributed by atoms with van der Waals surface area (Å²) in [5.41, 5.74) is 3.66. The van der Waals surface area contributed by atoms with Crippen LogP contribution in [0.1, 0.15) is 40.5 Å². The Balaban J connectivity index is 1.94. The van der Waals surface area contributed by atoms with Crippen LogP contribution >= 0.6 is 11.3 Å². The van der Waals surface area contributed by atoms with Gasteiger partial charge in [-0.2, -0.15) is 0 Å². The molecule has 3 aromatic rings. The molecule has 0 aliphatic rings. The fraction of sp³-hybridized carbons (Fsp3) is 0.333. The average Bonchev–Trinajstić information content (AvgIpc) is 3.17. The highest BCUT2D eigenvalue weighted by atomic mass is 32.1. The van der Waals surface area contributed by atoms with Gasteiger partial charge in [0.15, 0.2) is 5.13 Å². The molecule has 0 bridgehead atoms. The number of ether oxygens (including phenoxy) is 1. The molecule has 0 aliphatic carbocycles. The normalized spacial score (nSPS) is 11.3. The van der Waals surface area contributed by atoms with Crippen molar-refractivity contribution in [3.8, 4) is 22.4 Å². The van der Waals surface area contributed by atoms with E-state index in [1.54, 1.807) is 4.90 Å². The smallest absolute Gasteiger partial charge is 0.416 e. The predicted molar refractivity (Wildman–Crippen MR) is 121 cm³/mol. The van der Waals surface area contributed by atoms with Crippen molar-refractivity contribution in [2.24, 2.45) is 0 Å². The lowest BCUT2D eigenvalue weighted by Gasteiger charge is -2.25. The number of rotatable bonds is 6. The molecule has 0 saturated heterocycles. The van der Waals surface area contributed by atoms with Crippen LogP contribution in [0.5, 0.6) is 0 Å². The van der Waals surface area contributed by atoms with Gasteiger partial charge < -0.3 is 4.74 Å². The minimum absolute atomic E-state index is 0.344. The van der Waals surface area contributed by atoms with Gasteiger partial charge in [-0.05, 0) is 38.3 Å². The van der Waals surface area contributed by atoms with Gasteiger partial charge >= 0.3 is 6.09 Å². The van der Waals surface area contributed by atoms with Crippen molar-refractivity contribution >= 4 is 22.6 Å². The monoisotopic (exact) mass is 408 g/mol. The summed E-state index contributed by atoms with van der Waals surface area (Å²) in [4.78, 5) is 19.2. The van der Waals surface area contributed by atoms with Crippen molar-refractivity contribution in [1.82, 2.24) is 4.98 Å². The van der Waals surface area contributed by atoms with E-state index in [0.717, 1.165) is 35.2 Å². The van der Waals surface area contributed by atoms with E-state index < -0.39 is 5.60 Å². The molecule has 0 fully saturated rings. The van der Waals surface area contributed by atoms with Crippen LogP contribution in [-0.4, -0.2) is 23.2 Å². The van der Waals surface area contributed by atoms with Crippen LogP contribution in [0, 0.1) is 0 Å². The summed E-state index contributed by atoms with van der Waals surface area (Å²) in [6, 6.07) is 18.5. The number of amides is 1. The lowest BCUT2D eigenvalue weighted by Crippen LogP contribution is -2.37. The first-order valence-corrected chi connectivity index (χ1v) is 10.9. The molecular weight excluding hydrogens is 380 g/mol. The average molecular weight is 409 g/mol. The number of anilines is 1. The van der Waals surface area contributed by atoms with Crippen LogP contribution in [0.15, 0.2) is 60.0 Å². The molecule has 4 nitrogen and oxygen atoms in total. The van der Waals surface area contributed by atoms with Crippen molar-refractivity contribution in [2.75, 3.05) is 11.4 Å². The molecule has 0 saturated carbocycles. The van der Waals surface area contributed by atoms with Crippen molar-refractivity contribution in [3.05, 3.63) is 60.0 Å². The van der Waals surface area contributed by atoms with Gasteiger partial charge in [-0.15, -0.1) is 11.3 Å². The lowest BCUT2D eigenvalue weighted by molar-refractivity contribution is 0.0580. The molecule has 1 amide bonds. The molecule has 0 spiro atoms. The van der Waals surface area contributed by atoms with Crippen LogP contribution in [0.4, 0.5) is 9.93 Å². The third kappa shape index (κ3) is 5.45. The molecule has 152 valence electrons. The Morgan fingerprint density at radius 3 is 2.34 bits per heavy atom. The molecule has 1 heterocycles. The first-order chi connectivity index (χ1) is 13.9. The first-order valence-electron chi connectivity index (χ1n) is 10.00. The van der Waals surface area contributed by atoms with Crippen LogP contribution in [0.3, 0.4) is 0 Å². The van der Waals surface area contributed by atoms with Gasteiger partial charge in [0.1, 0.15) is 5.60 Å². The number of thiazole rings is 1. The van der Waals surface area contributed by atoms with E-state index in [-0.39, 0.29) is 6.09 Å². The highest BCUT2D eigenvalue weighted by Gasteiger charge is 2.25. The summed E-state index contributed by atoms with van der Waals surface area (Å²) < 4.78 is 5.61. The van der Waals surface area contributed by atoms with Crippen molar-refractivity contribution in [1.29, 1.82) is 0 Å². The molecule has 5 heteroatoms. The van der Waals surface area contributed by atoms with Gasteiger partial charge in [0, 0.05) is 17.5 Å². The summed E-state index contributed by atoms with van der Waals surface area (Å²) in [6.07, 6.45) is 1.55. The number of benzene rings is 2. The molecular formula is C24H28N2O2S. The van der Waals surface area contributed by atoms with Crippen LogP contribution in [0.2, 0.25) is 0 Å². The van der Waals surface area contributed by atoms with Gasteiger partial charge in [0.05, 0.1) is 5.69 Å². The van der Waals surface area contributed by atoms with Crippen molar-refractivity contribution in [2.45, 2.75) is 46.1 Å². The minimum atomic E-state index is -0.540. The van der Waals surface area contributed by atoms with Gasteiger partial charge in [0.2, 0.25) is 0 Å². The lowest BCUT2D eigenvalue weighted by atomic mass is 9.98. The number of hydrogen-bond acceptors (Lipinski definition) is 4. The summed E-state index contributed by atoms with van der Waals surface area (Å²) in [5.74, 6) is 0. The summed E-state index contributed by atoms with van der Waals surface area (Å²) in [6.45, 7) is 8.35. The van der Waals surface area contributed by atoms with Crippen molar-refractivity contribution < 1.29 is 9.53 Å². The third-order valence-electron chi connectivity index (χ3n) is 4.36. The minimum Gasteiger partial charge on any atom is -0.443 e. The number of aromatic nitrogens is 1. The zero-order valence-electron chi connectivity index (χ0n) is 17.5. The molecule has 1 aromatic heterocycles. The Bertz CT molecular complexity index is 945. The second-order valence-electron chi connectivity index (χ2n) is 7.91. The van der Waals surface area contributed by atoms with E-state index in [1.165, 1.54) is 11.3 Å². The zero-order valence-corrected chi connectivity index (χ0v) is 18.3. The highest BCUT2D eigenvalue weighted by Crippen LogP contribution is 2.35. The number of carbonyl (C=O) groups is 1. The zero-order chi connectivity index (χ0) is 20.9. The Hall–Kier alpha value is -2.66. The predicted octanol–water partition coefficient (Wildman–Crippen LogP) is 7.02. The fourth-order valence-corrected chi connectivity index (χ4v) is 3.83. The molecule has 0 unspecified atom stereocenters. The van der Waals surface area contributed by atoms with Gasteiger partial charge in [0.25, 0.3) is 0 Å². The van der Waals surface area contributed by atoms with Crippen LogP contribution in [-0.2, 0) is 4.74 Å². The first kappa shape index (κ1) is 21.1. The molecule has 0 aliphatic heterocycles. The van der Waals surface area contributed by atoms with Crippen LogP contribution in [0.25, 0.3) is 22.4 Å². The number of nitrogens with zero attached hydrogens (tertiary/aromatic N) is 2. The summed E-state index contributed by atoms with van der Waals surface area (Å²) in [7, 11) is 0. The SMILES string of the molecule is CCCCN(C(=O)OC(C)(C)C)c1nc(-c2ccccc2-c2ccccc2)cs1. The molecule has 0 N–H and O–H groups in total. The highest BCUT2D eigenvalue weighted by molar-refractivity contribution is 7.14. The van der Waals surface area contributed by atoms with Gasteiger partial charge in [-0.25, -0.2) is 9.78 Å². The topological polar surface area (TPSA) is 42.4 Å². The van der Waals surface area contributed by atoms with Crippen molar-refractivity contribution in [3.63, 3.8) is 0 Å². The second kappa shape index (κ2) is 9.23. The molecule has 2 aromatic carbocycles. The molecule has 3 rings (SSSR count). The van der Waals surface area contributed by atoms with E-state index in [2.05, 4.69) is 31.2 Å². The Morgan fingerprint density at radius 2 is 1.69 bits per heavy atom. The number of carbonyl (C=O) groups excluding carboxylic acids is 1. The number of unbranched alkanes of at least 4 members (excludes halogenated alkanes) is 1. The molecule has 0 atom stereocenters. The fourth-order valence-electron chi connectivity index (χ4n) is 2.99. The standard InChI is InChI=1S/C24H28N2O2S/c1-5-6-16-26(23(27)28-24(2,3)4)22-25-21(17-29-22)20-15-11-10-14-19(20)18-12-8-7-9-13-18/h7-15,17H,5-6,16H2,1-4H3. The van der Waals surface area contributed by atoms with E-state index in [4.69, 9.17) is 9.72 Å². The van der Waals surface area contributed by atoms with Crippen LogP contribution < -0.4 is 4.90 Å².